The third-order valence-corrected chi connectivity index (χ3v) is 5.59. The Balaban J connectivity index is 2.30. The molecule has 0 aromatic heterocycles. The maximum Gasteiger partial charge on any atom is 0.243 e. The number of nitrogens with one attached hydrogen (secondary N) is 1. The zero-order valence-electron chi connectivity index (χ0n) is 11.7. The first-order valence-electron chi connectivity index (χ1n) is 6.52. The summed E-state index contributed by atoms with van der Waals surface area (Å²) in [6, 6.07) is 17.5. The van der Waals surface area contributed by atoms with Crippen molar-refractivity contribution in [1.29, 1.82) is 0 Å². The fourth-order valence-corrected chi connectivity index (χ4v) is 3.94. The number of rotatable bonds is 6. The maximum atomic E-state index is 12.1. The van der Waals surface area contributed by atoms with Gasteiger partial charge in [0, 0.05) is 15.1 Å². The van der Waals surface area contributed by atoms with Gasteiger partial charge in [-0.2, -0.15) is 0 Å². The lowest BCUT2D eigenvalue weighted by Crippen LogP contribution is -2.53. The van der Waals surface area contributed by atoms with E-state index in [1.54, 1.807) is 18.8 Å². The molecule has 0 spiro atoms. The number of primary amides is 1. The van der Waals surface area contributed by atoms with Crippen LogP contribution in [-0.2, 0) is 10.3 Å². The highest BCUT2D eigenvalue weighted by atomic mass is 79.9. The molecule has 2 aromatic rings. The highest BCUT2D eigenvalue weighted by Crippen LogP contribution is 2.33. The van der Waals surface area contributed by atoms with Gasteiger partial charge in [0.25, 0.3) is 0 Å². The summed E-state index contributed by atoms with van der Waals surface area (Å²) >= 11 is 5.11. The fourth-order valence-electron chi connectivity index (χ4n) is 2.11. The van der Waals surface area contributed by atoms with Crippen molar-refractivity contribution in [3.8, 4) is 0 Å². The Hall–Kier alpha value is -1.30. The third-order valence-electron chi connectivity index (χ3n) is 3.39. The molecule has 1 unspecified atom stereocenters. The number of amides is 1. The summed E-state index contributed by atoms with van der Waals surface area (Å²) in [7, 11) is 1.76. The summed E-state index contributed by atoms with van der Waals surface area (Å²) in [6.07, 6.45) is 0. The number of hydrogen-bond donors (Lipinski definition) is 2. The van der Waals surface area contributed by atoms with E-state index in [-0.39, 0.29) is 5.91 Å². The Morgan fingerprint density at radius 3 is 2.38 bits per heavy atom. The molecule has 2 aromatic carbocycles. The topological polar surface area (TPSA) is 55.1 Å². The first-order chi connectivity index (χ1) is 10.1. The first-order valence-corrected chi connectivity index (χ1v) is 8.29. The number of carbonyl (C=O) groups excluding carboxylic acids is 1. The molecule has 0 radical (unpaired) electrons. The predicted octanol–water partition coefficient (Wildman–Crippen LogP) is 3.14. The molecular weight excluding hydrogens is 348 g/mol. The van der Waals surface area contributed by atoms with Gasteiger partial charge in [-0.05, 0) is 40.7 Å². The lowest BCUT2D eigenvalue weighted by atomic mass is 9.91. The molecule has 5 heteroatoms. The van der Waals surface area contributed by atoms with E-state index < -0.39 is 5.54 Å². The molecule has 0 heterocycles. The van der Waals surface area contributed by atoms with Gasteiger partial charge in [0.15, 0.2) is 0 Å². The maximum absolute atomic E-state index is 12.1. The first kappa shape index (κ1) is 16.1. The van der Waals surface area contributed by atoms with E-state index in [4.69, 9.17) is 5.73 Å². The molecule has 3 N–H and O–H groups in total. The summed E-state index contributed by atoms with van der Waals surface area (Å²) in [5.41, 5.74) is 5.68. The fraction of sp³-hybridized carbons (Fsp3) is 0.188. The number of hydrogen-bond acceptors (Lipinski definition) is 3. The molecular formula is C16H17BrN2OS. The predicted molar refractivity (Wildman–Crippen MR) is 91.2 cm³/mol. The van der Waals surface area contributed by atoms with Crippen LogP contribution in [0.5, 0.6) is 0 Å². The van der Waals surface area contributed by atoms with Crippen LogP contribution >= 0.6 is 27.7 Å². The molecule has 0 bridgehead atoms. The number of halogens is 1. The van der Waals surface area contributed by atoms with E-state index >= 15 is 0 Å². The van der Waals surface area contributed by atoms with E-state index in [1.165, 1.54) is 0 Å². The van der Waals surface area contributed by atoms with Crippen molar-refractivity contribution in [3.63, 3.8) is 0 Å². The number of nitrogens with two attached hydrogens (primary N) is 1. The second-order valence-corrected chi connectivity index (χ2v) is 6.48. The molecule has 0 aliphatic heterocycles. The van der Waals surface area contributed by atoms with Crippen LogP contribution in [0.3, 0.4) is 0 Å². The van der Waals surface area contributed by atoms with E-state index in [2.05, 4.69) is 21.2 Å². The van der Waals surface area contributed by atoms with Crippen LogP contribution in [0.15, 0.2) is 64.0 Å². The molecule has 0 aliphatic carbocycles. The molecule has 0 fully saturated rings. The molecule has 21 heavy (non-hydrogen) atoms. The van der Waals surface area contributed by atoms with Gasteiger partial charge in [0.2, 0.25) is 5.91 Å². The lowest BCUT2D eigenvalue weighted by molar-refractivity contribution is -0.123. The van der Waals surface area contributed by atoms with Gasteiger partial charge in [-0.15, -0.1) is 11.8 Å². The van der Waals surface area contributed by atoms with E-state index in [0.29, 0.717) is 5.75 Å². The normalized spacial score (nSPS) is 13.6. The zero-order chi connectivity index (χ0) is 15.3. The van der Waals surface area contributed by atoms with Crippen molar-refractivity contribution in [1.82, 2.24) is 5.32 Å². The Labute approximate surface area is 137 Å². The average molecular weight is 365 g/mol. The van der Waals surface area contributed by atoms with Crippen LogP contribution in [0.2, 0.25) is 0 Å². The van der Waals surface area contributed by atoms with Gasteiger partial charge in [0.05, 0.1) is 0 Å². The highest BCUT2D eigenvalue weighted by molar-refractivity contribution is 9.10. The quantitative estimate of drug-likeness (QED) is 0.774. The number of carbonyl (C=O) groups is 1. The summed E-state index contributed by atoms with van der Waals surface area (Å²) in [5, 5.41) is 3.11. The minimum atomic E-state index is -0.888. The Kier molecular flexibility index (Phi) is 5.45. The Bertz CT molecular complexity index is 621. The second-order valence-electron chi connectivity index (χ2n) is 4.60. The Morgan fingerprint density at radius 2 is 1.81 bits per heavy atom. The summed E-state index contributed by atoms with van der Waals surface area (Å²) in [6.45, 7) is 0. The van der Waals surface area contributed by atoms with Gasteiger partial charge < -0.3 is 11.1 Å². The molecule has 110 valence electrons. The van der Waals surface area contributed by atoms with Crippen LogP contribution in [0.25, 0.3) is 0 Å². The molecule has 0 saturated heterocycles. The summed E-state index contributed by atoms with van der Waals surface area (Å²) in [4.78, 5) is 13.2. The number of likely N-dealkylation sites (N-methyl/N-ethyl adjacent to an activating group) is 1. The van der Waals surface area contributed by atoms with Crippen molar-refractivity contribution < 1.29 is 4.79 Å². The molecule has 0 saturated carbocycles. The standard InChI is InChI=1S/C16H17BrN2OS/c1-19-16(15(18)20,12-7-3-2-4-8-12)11-21-14-10-6-5-9-13(14)17/h2-10,19H,11H2,1H3,(H2,18,20). The average Bonchev–Trinajstić information content (AvgIpc) is 2.51. The van der Waals surface area contributed by atoms with Crippen LogP contribution in [0.4, 0.5) is 0 Å². The smallest absolute Gasteiger partial charge is 0.243 e. The molecule has 3 nitrogen and oxygen atoms in total. The molecule has 1 atom stereocenters. The van der Waals surface area contributed by atoms with E-state index in [1.807, 2.05) is 54.6 Å². The molecule has 1 amide bonds. The van der Waals surface area contributed by atoms with Crippen LogP contribution < -0.4 is 11.1 Å². The van der Waals surface area contributed by atoms with Gasteiger partial charge in [-0.1, -0.05) is 42.5 Å². The second kappa shape index (κ2) is 7.11. The monoisotopic (exact) mass is 364 g/mol. The van der Waals surface area contributed by atoms with Crippen LogP contribution in [0, 0.1) is 0 Å². The van der Waals surface area contributed by atoms with Crippen LogP contribution in [-0.4, -0.2) is 18.7 Å². The van der Waals surface area contributed by atoms with Crippen molar-refractivity contribution in [3.05, 3.63) is 64.6 Å². The van der Waals surface area contributed by atoms with Gasteiger partial charge >= 0.3 is 0 Å². The zero-order valence-corrected chi connectivity index (χ0v) is 14.1. The molecule has 0 aliphatic rings. The van der Waals surface area contributed by atoms with E-state index in [0.717, 1.165) is 14.9 Å². The largest absolute Gasteiger partial charge is 0.368 e. The molecule has 2 rings (SSSR count). The third kappa shape index (κ3) is 3.48. The van der Waals surface area contributed by atoms with Gasteiger partial charge in [0.1, 0.15) is 5.54 Å². The minimum Gasteiger partial charge on any atom is -0.368 e. The van der Waals surface area contributed by atoms with Crippen molar-refractivity contribution in [2.24, 2.45) is 5.73 Å². The summed E-state index contributed by atoms with van der Waals surface area (Å²) in [5.74, 6) is 0.140. The minimum absolute atomic E-state index is 0.379. The van der Waals surface area contributed by atoms with Gasteiger partial charge in [-0.25, -0.2) is 0 Å². The lowest BCUT2D eigenvalue weighted by Gasteiger charge is -2.30. The van der Waals surface area contributed by atoms with Crippen molar-refractivity contribution >= 4 is 33.6 Å². The Morgan fingerprint density at radius 1 is 1.19 bits per heavy atom. The number of benzene rings is 2. The SMILES string of the molecule is CNC(CSc1ccccc1Br)(C(N)=O)c1ccccc1. The van der Waals surface area contributed by atoms with Gasteiger partial charge in [-0.3, -0.25) is 4.79 Å². The van der Waals surface area contributed by atoms with Crippen molar-refractivity contribution in [2.45, 2.75) is 10.4 Å². The summed E-state index contributed by atoms with van der Waals surface area (Å²) < 4.78 is 1.01. The van der Waals surface area contributed by atoms with E-state index in [9.17, 15) is 4.79 Å². The number of thioether (sulfide) groups is 1. The van der Waals surface area contributed by atoms with Crippen LogP contribution in [0.1, 0.15) is 5.56 Å². The highest BCUT2D eigenvalue weighted by Gasteiger charge is 2.37. The van der Waals surface area contributed by atoms with Crippen molar-refractivity contribution in [2.75, 3.05) is 12.8 Å².